The highest BCUT2D eigenvalue weighted by Crippen LogP contribution is 2.37. The van der Waals surface area contributed by atoms with Gasteiger partial charge in [0.05, 0.1) is 11.3 Å². The smallest absolute Gasteiger partial charge is 0.397 e. The van der Waals surface area contributed by atoms with Crippen LogP contribution < -0.4 is 5.73 Å². The van der Waals surface area contributed by atoms with E-state index in [2.05, 4.69) is 15.9 Å². The number of hydrogen-bond donors (Lipinski definition) is 1. The van der Waals surface area contributed by atoms with Gasteiger partial charge in [0.1, 0.15) is 0 Å². The monoisotopic (exact) mass is 365 g/mol. The molecule has 0 amide bonds. The topological polar surface area (TPSA) is 26.0 Å². The van der Waals surface area contributed by atoms with Crippen LogP contribution in [0.2, 0.25) is 0 Å². The third-order valence-electron chi connectivity index (χ3n) is 1.40. The third kappa shape index (κ3) is 2.49. The molecule has 13 heavy (non-hydrogen) atoms. The average molecular weight is 366 g/mol. The van der Waals surface area contributed by atoms with Crippen molar-refractivity contribution in [3.8, 4) is 0 Å². The molecule has 0 saturated heterocycles. The van der Waals surface area contributed by atoms with E-state index in [1.165, 1.54) is 6.07 Å². The van der Waals surface area contributed by atoms with Crippen LogP contribution in [0.15, 0.2) is 16.6 Å². The minimum atomic E-state index is -4.40. The van der Waals surface area contributed by atoms with Crippen molar-refractivity contribution < 1.29 is 13.2 Å². The van der Waals surface area contributed by atoms with Gasteiger partial charge >= 0.3 is 6.18 Å². The van der Waals surface area contributed by atoms with Crippen molar-refractivity contribution in [1.29, 1.82) is 0 Å². The fourth-order valence-electron chi connectivity index (χ4n) is 0.819. The zero-order valence-corrected chi connectivity index (χ0v) is 9.87. The van der Waals surface area contributed by atoms with Crippen LogP contribution in [0, 0.1) is 3.57 Å². The van der Waals surface area contributed by atoms with Crippen molar-refractivity contribution in [3.05, 3.63) is 25.7 Å². The minimum absolute atomic E-state index is 0.270. The Morgan fingerprint density at radius 2 is 1.85 bits per heavy atom. The fourth-order valence-corrected chi connectivity index (χ4v) is 2.33. The van der Waals surface area contributed by atoms with Gasteiger partial charge in [-0.05, 0) is 50.7 Å². The maximum absolute atomic E-state index is 12.3. The summed E-state index contributed by atoms with van der Waals surface area (Å²) in [5.41, 5.74) is 4.20. The van der Waals surface area contributed by atoms with Crippen LogP contribution in [0.5, 0.6) is 0 Å². The molecule has 0 heterocycles. The minimum Gasteiger partial charge on any atom is -0.397 e. The van der Waals surface area contributed by atoms with Crippen LogP contribution in [-0.4, -0.2) is 0 Å². The lowest BCUT2D eigenvalue weighted by molar-refractivity contribution is -0.137. The highest BCUT2D eigenvalue weighted by molar-refractivity contribution is 14.1. The maximum Gasteiger partial charge on any atom is 0.418 e. The van der Waals surface area contributed by atoms with Crippen LogP contribution in [0.3, 0.4) is 0 Å². The molecule has 0 saturated carbocycles. The van der Waals surface area contributed by atoms with E-state index in [4.69, 9.17) is 5.73 Å². The Hall–Kier alpha value is 0.0200. The SMILES string of the molecule is Nc1c(Br)cc(I)cc1C(F)(F)F. The van der Waals surface area contributed by atoms with Crippen LogP contribution in [0.1, 0.15) is 5.56 Å². The molecule has 1 aromatic rings. The largest absolute Gasteiger partial charge is 0.418 e. The number of nitrogen functional groups attached to an aromatic ring is 1. The van der Waals surface area contributed by atoms with Gasteiger partial charge in [-0.3, -0.25) is 0 Å². The Kier molecular flexibility index (Phi) is 3.11. The predicted octanol–water partition coefficient (Wildman–Crippen LogP) is 3.65. The summed E-state index contributed by atoms with van der Waals surface area (Å²) >= 11 is 4.76. The van der Waals surface area contributed by atoms with Gasteiger partial charge in [-0.15, -0.1) is 0 Å². The van der Waals surface area contributed by atoms with Gasteiger partial charge in [0.15, 0.2) is 0 Å². The molecule has 72 valence electrons. The number of alkyl halides is 3. The van der Waals surface area contributed by atoms with Crippen LogP contribution >= 0.6 is 38.5 Å². The first-order valence-corrected chi connectivity index (χ1v) is 5.01. The molecule has 0 radical (unpaired) electrons. The van der Waals surface area contributed by atoms with E-state index in [9.17, 15) is 13.2 Å². The first-order chi connectivity index (χ1) is 5.82. The Morgan fingerprint density at radius 1 is 1.31 bits per heavy atom. The fraction of sp³-hybridized carbons (Fsp3) is 0.143. The first kappa shape index (κ1) is 11.1. The van der Waals surface area contributed by atoms with Gasteiger partial charge in [-0.2, -0.15) is 13.2 Å². The third-order valence-corrected chi connectivity index (χ3v) is 2.68. The Balaban J connectivity index is 3.37. The van der Waals surface area contributed by atoms with E-state index in [-0.39, 0.29) is 10.2 Å². The van der Waals surface area contributed by atoms with E-state index < -0.39 is 11.7 Å². The number of hydrogen-bond acceptors (Lipinski definition) is 1. The second-order valence-electron chi connectivity index (χ2n) is 2.35. The lowest BCUT2D eigenvalue weighted by Crippen LogP contribution is -2.09. The van der Waals surface area contributed by atoms with E-state index in [0.29, 0.717) is 3.57 Å². The van der Waals surface area contributed by atoms with Crippen molar-refractivity contribution in [1.82, 2.24) is 0 Å². The highest BCUT2D eigenvalue weighted by Gasteiger charge is 2.33. The van der Waals surface area contributed by atoms with Gasteiger partial charge in [0.2, 0.25) is 0 Å². The number of anilines is 1. The van der Waals surface area contributed by atoms with Gasteiger partial charge in [0.25, 0.3) is 0 Å². The van der Waals surface area contributed by atoms with Gasteiger partial charge in [-0.1, -0.05) is 0 Å². The van der Waals surface area contributed by atoms with Gasteiger partial charge < -0.3 is 5.73 Å². The molecule has 0 aliphatic rings. The first-order valence-electron chi connectivity index (χ1n) is 3.14. The summed E-state index contributed by atoms with van der Waals surface area (Å²) in [4.78, 5) is 0. The van der Waals surface area contributed by atoms with E-state index in [1.807, 2.05) is 0 Å². The molecule has 0 fully saturated rings. The zero-order chi connectivity index (χ0) is 10.2. The summed E-state index contributed by atoms with van der Waals surface area (Å²) < 4.78 is 37.7. The Labute approximate surface area is 94.8 Å². The molecule has 1 nitrogen and oxygen atoms in total. The highest BCUT2D eigenvalue weighted by atomic mass is 127. The van der Waals surface area contributed by atoms with E-state index in [0.717, 1.165) is 6.07 Å². The number of halogens is 5. The second kappa shape index (κ2) is 3.64. The Bertz CT molecular complexity index is 337. The molecule has 0 aromatic heterocycles. The molecule has 2 N–H and O–H groups in total. The Morgan fingerprint density at radius 3 is 2.31 bits per heavy atom. The van der Waals surface area contributed by atoms with Crippen molar-refractivity contribution in [2.24, 2.45) is 0 Å². The quantitative estimate of drug-likeness (QED) is 0.551. The summed E-state index contributed by atoms with van der Waals surface area (Å²) in [6.45, 7) is 0. The number of benzene rings is 1. The molecule has 0 spiro atoms. The second-order valence-corrected chi connectivity index (χ2v) is 4.45. The zero-order valence-electron chi connectivity index (χ0n) is 6.12. The summed E-state index contributed by atoms with van der Waals surface area (Å²) in [5, 5.41) is 0. The van der Waals surface area contributed by atoms with E-state index in [1.54, 1.807) is 22.6 Å². The molecular formula is C7H4BrF3IN. The van der Waals surface area contributed by atoms with Crippen LogP contribution in [0.25, 0.3) is 0 Å². The summed E-state index contributed by atoms with van der Waals surface area (Å²) in [7, 11) is 0. The predicted molar refractivity (Wildman–Crippen MR) is 56.3 cm³/mol. The van der Waals surface area contributed by atoms with Gasteiger partial charge in [-0.25, -0.2) is 0 Å². The molecular weight excluding hydrogens is 362 g/mol. The molecule has 0 unspecified atom stereocenters. The lowest BCUT2D eigenvalue weighted by atomic mass is 10.2. The van der Waals surface area contributed by atoms with Crippen molar-refractivity contribution in [3.63, 3.8) is 0 Å². The summed E-state index contributed by atoms with van der Waals surface area (Å²) in [6, 6.07) is 2.55. The molecule has 1 rings (SSSR count). The molecule has 0 aliphatic carbocycles. The maximum atomic E-state index is 12.3. The number of nitrogens with two attached hydrogens (primary N) is 1. The lowest BCUT2D eigenvalue weighted by Gasteiger charge is -2.11. The summed E-state index contributed by atoms with van der Waals surface area (Å²) in [6.07, 6.45) is -4.40. The summed E-state index contributed by atoms with van der Waals surface area (Å²) in [5.74, 6) is 0. The van der Waals surface area contributed by atoms with Crippen molar-refractivity contribution in [2.75, 3.05) is 5.73 Å². The van der Waals surface area contributed by atoms with Gasteiger partial charge in [0, 0.05) is 8.04 Å². The van der Waals surface area contributed by atoms with Crippen molar-refractivity contribution >= 4 is 44.2 Å². The van der Waals surface area contributed by atoms with Crippen LogP contribution in [-0.2, 0) is 6.18 Å². The molecule has 1 aromatic carbocycles. The van der Waals surface area contributed by atoms with E-state index >= 15 is 0 Å². The molecule has 6 heteroatoms. The standard InChI is InChI=1S/C7H4BrF3IN/c8-5-2-3(12)1-4(6(5)13)7(9,10)11/h1-2H,13H2. The molecule has 0 atom stereocenters. The number of rotatable bonds is 0. The molecule has 0 bridgehead atoms. The van der Waals surface area contributed by atoms with Crippen LogP contribution in [0.4, 0.5) is 18.9 Å². The molecule has 0 aliphatic heterocycles. The van der Waals surface area contributed by atoms with Crippen molar-refractivity contribution in [2.45, 2.75) is 6.18 Å². The average Bonchev–Trinajstić information content (AvgIpc) is 1.94. The normalized spacial score (nSPS) is 11.8.